The lowest BCUT2D eigenvalue weighted by Crippen LogP contribution is -2.26. The third-order valence-electron chi connectivity index (χ3n) is 2.69. The maximum absolute atomic E-state index is 11.5. The zero-order chi connectivity index (χ0) is 10.2. The average Bonchev–Trinajstić information content (AvgIpc) is 2.24. The first-order valence-corrected chi connectivity index (χ1v) is 5.54. The molecule has 0 atom stereocenters. The van der Waals surface area contributed by atoms with Gasteiger partial charge in [-0.1, -0.05) is 32.1 Å². The molecule has 0 N–H and O–H groups in total. The van der Waals surface area contributed by atoms with Crippen LogP contribution in [0.1, 0.15) is 51.4 Å². The third-order valence-corrected chi connectivity index (χ3v) is 2.69. The van der Waals surface area contributed by atoms with E-state index in [9.17, 15) is 4.79 Å². The van der Waals surface area contributed by atoms with Gasteiger partial charge in [-0.3, -0.25) is 4.79 Å². The number of nitriles is 1. The van der Waals surface area contributed by atoms with E-state index in [1.165, 1.54) is 24.2 Å². The first-order valence-electron chi connectivity index (χ1n) is 5.54. The minimum atomic E-state index is 0.00870. The number of carbonyl (C=O) groups is 1. The minimum Gasteiger partial charge on any atom is -0.274 e. The number of rotatable bonds is 0. The van der Waals surface area contributed by atoms with Gasteiger partial charge < -0.3 is 0 Å². The molecule has 0 aromatic heterocycles. The third kappa shape index (κ3) is 3.78. The zero-order valence-electron chi connectivity index (χ0n) is 8.67. The molecular weight excluding hydrogens is 176 g/mol. The second kappa shape index (κ2) is 6.42. The van der Waals surface area contributed by atoms with Crippen LogP contribution in [0.15, 0.2) is 0 Å². The Morgan fingerprint density at radius 2 is 1.57 bits per heavy atom. The SMILES string of the molecule is N#CN1CCCCCCCCCC1=O. The molecule has 0 aromatic rings. The van der Waals surface area contributed by atoms with Gasteiger partial charge in [-0.2, -0.15) is 5.26 Å². The topological polar surface area (TPSA) is 44.1 Å². The summed E-state index contributed by atoms with van der Waals surface area (Å²) in [5.41, 5.74) is 0. The molecule has 1 aliphatic rings. The Morgan fingerprint density at radius 1 is 1.00 bits per heavy atom. The van der Waals surface area contributed by atoms with E-state index in [1.54, 1.807) is 0 Å². The lowest BCUT2D eigenvalue weighted by Gasteiger charge is -2.12. The van der Waals surface area contributed by atoms with Gasteiger partial charge in [-0.25, -0.2) is 4.90 Å². The van der Waals surface area contributed by atoms with Crippen LogP contribution < -0.4 is 0 Å². The molecule has 14 heavy (non-hydrogen) atoms. The molecule has 1 saturated heterocycles. The molecule has 1 rings (SSSR count). The van der Waals surface area contributed by atoms with Gasteiger partial charge in [0.2, 0.25) is 5.91 Å². The molecular formula is C11H18N2O. The van der Waals surface area contributed by atoms with Gasteiger partial charge in [0, 0.05) is 13.0 Å². The first kappa shape index (κ1) is 11.0. The molecule has 1 fully saturated rings. The average molecular weight is 194 g/mol. The van der Waals surface area contributed by atoms with Crippen LogP contribution in [-0.2, 0) is 4.79 Å². The highest BCUT2D eigenvalue weighted by Gasteiger charge is 2.12. The van der Waals surface area contributed by atoms with Crippen molar-refractivity contribution in [2.75, 3.05) is 6.54 Å². The van der Waals surface area contributed by atoms with Crippen molar-refractivity contribution in [2.24, 2.45) is 0 Å². The highest BCUT2D eigenvalue weighted by molar-refractivity contribution is 5.77. The first-order chi connectivity index (χ1) is 6.84. The molecule has 0 radical (unpaired) electrons. The summed E-state index contributed by atoms with van der Waals surface area (Å²) < 4.78 is 0. The summed E-state index contributed by atoms with van der Waals surface area (Å²) in [5.74, 6) is 0.00870. The molecule has 0 unspecified atom stereocenters. The van der Waals surface area contributed by atoms with Crippen molar-refractivity contribution < 1.29 is 4.79 Å². The van der Waals surface area contributed by atoms with Crippen molar-refractivity contribution >= 4 is 5.91 Å². The number of amides is 1. The second-order valence-electron chi connectivity index (χ2n) is 3.87. The molecule has 0 saturated carbocycles. The van der Waals surface area contributed by atoms with Crippen LogP contribution in [0.25, 0.3) is 0 Å². The number of hydrogen-bond acceptors (Lipinski definition) is 2. The lowest BCUT2D eigenvalue weighted by molar-refractivity contribution is -0.128. The number of nitrogens with zero attached hydrogens (tertiary/aromatic N) is 2. The molecule has 1 aliphatic heterocycles. The van der Waals surface area contributed by atoms with Gasteiger partial charge in [0.1, 0.15) is 0 Å². The zero-order valence-corrected chi connectivity index (χ0v) is 8.67. The Labute approximate surface area is 85.7 Å². The van der Waals surface area contributed by atoms with E-state index in [4.69, 9.17) is 5.26 Å². The van der Waals surface area contributed by atoms with E-state index >= 15 is 0 Å². The predicted octanol–water partition coefficient (Wildman–Crippen LogP) is 2.43. The Morgan fingerprint density at radius 3 is 2.21 bits per heavy atom. The smallest absolute Gasteiger partial charge is 0.235 e. The highest BCUT2D eigenvalue weighted by atomic mass is 16.2. The summed E-state index contributed by atoms with van der Waals surface area (Å²) in [4.78, 5) is 12.8. The van der Waals surface area contributed by atoms with Crippen molar-refractivity contribution in [3.8, 4) is 6.19 Å². The van der Waals surface area contributed by atoms with Gasteiger partial charge in [0.15, 0.2) is 6.19 Å². The predicted molar refractivity (Wildman–Crippen MR) is 54.3 cm³/mol. The minimum absolute atomic E-state index is 0.00870. The van der Waals surface area contributed by atoms with Gasteiger partial charge in [-0.05, 0) is 12.8 Å². The Bertz CT molecular complexity index is 220. The van der Waals surface area contributed by atoms with Crippen LogP contribution in [0.3, 0.4) is 0 Å². The Hall–Kier alpha value is -1.04. The quantitative estimate of drug-likeness (QED) is 0.556. The van der Waals surface area contributed by atoms with Crippen molar-refractivity contribution in [3.05, 3.63) is 0 Å². The van der Waals surface area contributed by atoms with Crippen LogP contribution in [0.4, 0.5) is 0 Å². The standard InChI is InChI=1S/C11H18N2O/c12-10-13-9-7-5-3-1-2-4-6-8-11(13)14/h1-9H2. The molecule has 0 aromatic carbocycles. The van der Waals surface area contributed by atoms with Crippen LogP contribution >= 0.6 is 0 Å². The summed E-state index contributed by atoms with van der Waals surface area (Å²) in [5, 5.41) is 8.77. The molecule has 1 amide bonds. The number of hydrogen-bond donors (Lipinski definition) is 0. The van der Waals surface area contributed by atoms with Crippen molar-refractivity contribution in [1.82, 2.24) is 4.90 Å². The summed E-state index contributed by atoms with van der Waals surface area (Å²) in [6.45, 7) is 0.620. The van der Waals surface area contributed by atoms with Crippen molar-refractivity contribution in [2.45, 2.75) is 51.4 Å². The Balaban J connectivity index is 2.42. The fourth-order valence-corrected chi connectivity index (χ4v) is 1.80. The van der Waals surface area contributed by atoms with E-state index < -0.39 is 0 Å². The molecule has 0 aliphatic carbocycles. The largest absolute Gasteiger partial charge is 0.274 e. The fraction of sp³-hybridized carbons (Fsp3) is 0.818. The highest BCUT2D eigenvalue weighted by Crippen LogP contribution is 2.12. The fourth-order valence-electron chi connectivity index (χ4n) is 1.80. The maximum Gasteiger partial charge on any atom is 0.235 e. The molecule has 3 nitrogen and oxygen atoms in total. The van der Waals surface area contributed by atoms with Crippen LogP contribution in [-0.4, -0.2) is 17.4 Å². The van der Waals surface area contributed by atoms with Gasteiger partial charge in [-0.15, -0.1) is 0 Å². The van der Waals surface area contributed by atoms with E-state index in [1.807, 2.05) is 6.19 Å². The van der Waals surface area contributed by atoms with Gasteiger partial charge in [0.25, 0.3) is 0 Å². The second-order valence-corrected chi connectivity index (χ2v) is 3.87. The summed E-state index contributed by atoms with van der Waals surface area (Å²) in [6, 6.07) is 0. The van der Waals surface area contributed by atoms with Crippen LogP contribution in [0, 0.1) is 11.5 Å². The van der Waals surface area contributed by atoms with E-state index in [2.05, 4.69) is 0 Å². The Kier molecular flexibility index (Phi) is 5.06. The van der Waals surface area contributed by atoms with Crippen molar-refractivity contribution in [3.63, 3.8) is 0 Å². The normalized spacial score (nSPS) is 21.1. The number of carbonyl (C=O) groups excluding carboxylic acids is 1. The van der Waals surface area contributed by atoms with Crippen molar-refractivity contribution in [1.29, 1.82) is 5.26 Å². The summed E-state index contributed by atoms with van der Waals surface area (Å²) >= 11 is 0. The molecule has 78 valence electrons. The monoisotopic (exact) mass is 194 g/mol. The van der Waals surface area contributed by atoms with Crippen LogP contribution in [0.2, 0.25) is 0 Å². The van der Waals surface area contributed by atoms with E-state index in [0.29, 0.717) is 13.0 Å². The molecule has 3 heteroatoms. The van der Waals surface area contributed by atoms with E-state index in [-0.39, 0.29) is 5.91 Å². The van der Waals surface area contributed by atoms with Gasteiger partial charge >= 0.3 is 0 Å². The van der Waals surface area contributed by atoms with E-state index in [0.717, 1.165) is 25.7 Å². The van der Waals surface area contributed by atoms with Crippen LogP contribution in [0.5, 0.6) is 0 Å². The molecule has 0 bridgehead atoms. The lowest BCUT2D eigenvalue weighted by atomic mass is 10.1. The molecule has 0 spiro atoms. The summed E-state index contributed by atoms with van der Waals surface area (Å²) in [6.07, 6.45) is 10.5. The summed E-state index contributed by atoms with van der Waals surface area (Å²) in [7, 11) is 0. The maximum atomic E-state index is 11.5. The molecule has 1 heterocycles. The van der Waals surface area contributed by atoms with Gasteiger partial charge in [0.05, 0.1) is 0 Å².